The Bertz CT molecular complexity index is 662. The third-order valence-electron chi connectivity index (χ3n) is 2.90. The van der Waals surface area contributed by atoms with Crippen molar-refractivity contribution in [1.82, 2.24) is 15.3 Å². The number of rotatable bonds is 6. The van der Waals surface area contributed by atoms with Gasteiger partial charge in [-0.1, -0.05) is 24.3 Å². The fraction of sp³-hybridized carbons (Fsp3) is 0.200. The molecule has 1 N–H and O–H groups in total. The summed E-state index contributed by atoms with van der Waals surface area (Å²) < 4.78 is 0. The minimum absolute atomic E-state index is 0.947. The van der Waals surface area contributed by atoms with Crippen LogP contribution in [0.15, 0.2) is 53.1 Å². The summed E-state index contributed by atoms with van der Waals surface area (Å²) in [5, 5.41) is 7.76. The molecule has 0 saturated heterocycles. The summed E-state index contributed by atoms with van der Waals surface area (Å²) in [5.41, 5.74) is 1.01. The van der Waals surface area contributed by atoms with Crippen LogP contribution in [-0.4, -0.2) is 22.3 Å². The number of thiophene rings is 1. The van der Waals surface area contributed by atoms with Crippen molar-refractivity contribution < 1.29 is 0 Å². The Kier molecular flexibility index (Phi) is 4.63. The molecule has 3 aromatic rings. The molecule has 0 fully saturated rings. The molecule has 0 bridgehead atoms. The van der Waals surface area contributed by atoms with Gasteiger partial charge in [0, 0.05) is 29.1 Å². The number of thioether (sulfide) groups is 1. The number of benzene rings is 1. The summed E-state index contributed by atoms with van der Waals surface area (Å²) in [6.45, 7) is 1.92. The molecule has 0 amide bonds. The molecule has 0 spiro atoms. The summed E-state index contributed by atoms with van der Waals surface area (Å²) in [4.78, 5) is 10.0. The summed E-state index contributed by atoms with van der Waals surface area (Å²) >= 11 is 3.57. The third-order valence-corrected chi connectivity index (χ3v) is 4.79. The largest absolute Gasteiger partial charge is 0.311 e. The third kappa shape index (κ3) is 3.36. The molecule has 3 rings (SSSR count). The Balaban J connectivity index is 1.52. The predicted octanol–water partition coefficient (Wildman–Crippen LogP) is 3.57. The van der Waals surface area contributed by atoms with E-state index in [9.17, 15) is 0 Å². The van der Waals surface area contributed by atoms with Gasteiger partial charge in [-0.3, -0.25) is 0 Å². The van der Waals surface area contributed by atoms with Gasteiger partial charge in [0.1, 0.15) is 11.4 Å². The Morgan fingerprint density at radius 2 is 2.05 bits per heavy atom. The highest BCUT2D eigenvalue weighted by Crippen LogP contribution is 2.23. The van der Waals surface area contributed by atoms with Gasteiger partial charge in [-0.25, -0.2) is 9.97 Å². The zero-order valence-corrected chi connectivity index (χ0v) is 12.6. The smallest absolute Gasteiger partial charge is 0.117 e. The van der Waals surface area contributed by atoms with Gasteiger partial charge in [-0.15, -0.1) is 23.1 Å². The van der Waals surface area contributed by atoms with Crippen LogP contribution in [0.25, 0.3) is 10.9 Å². The zero-order valence-electron chi connectivity index (χ0n) is 11.0. The first-order valence-electron chi connectivity index (χ1n) is 6.49. The molecule has 0 atom stereocenters. The lowest BCUT2D eigenvalue weighted by Gasteiger charge is -2.05. The molecule has 20 heavy (non-hydrogen) atoms. The van der Waals surface area contributed by atoms with Crippen LogP contribution < -0.4 is 5.32 Å². The van der Waals surface area contributed by atoms with Gasteiger partial charge in [0.15, 0.2) is 0 Å². The Hall–Kier alpha value is -1.43. The summed E-state index contributed by atoms with van der Waals surface area (Å²) in [6.07, 6.45) is 1.64. The monoisotopic (exact) mass is 301 g/mol. The molecule has 0 unspecified atom stereocenters. The second kappa shape index (κ2) is 6.83. The maximum Gasteiger partial charge on any atom is 0.117 e. The maximum atomic E-state index is 4.38. The van der Waals surface area contributed by atoms with Crippen LogP contribution in [0.4, 0.5) is 0 Å². The molecule has 3 nitrogen and oxygen atoms in total. The lowest BCUT2D eigenvalue weighted by atomic mass is 10.2. The van der Waals surface area contributed by atoms with Crippen molar-refractivity contribution in [2.24, 2.45) is 0 Å². The molecule has 0 aliphatic carbocycles. The van der Waals surface area contributed by atoms with Crippen LogP contribution in [0.3, 0.4) is 0 Å². The minimum Gasteiger partial charge on any atom is -0.311 e. The lowest BCUT2D eigenvalue weighted by Crippen LogP contribution is -2.15. The highest BCUT2D eigenvalue weighted by molar-refractivity contribution is 7.99. The predicted molar refractivity (Wildman–Crippen MR) is 86.3 cm³/mol. The SMILES string of the molecule is c1csc(CNCCSc2ncnc3ccccc23)c1. The lowest BCUT2D eigenvalue weighted by molar-refractivity contribution is 0.741. The van der Waals surface area contributed by atoms with E-state index in [2.05, 4.69) is 38.9 Å². The van der Waals surface area contributed by atoms with Gasteiger partial charge in [0.25, 0.3) is 0 Å². The molecule has 0 radical (unpaired) electrons. The number of fused-ring (bicyclic) bond motifs is 1. The Morgan fingerprint density at radius 3 is 2.95 bits per heavy atom. The quantitative estimate of drug-likeness (QED) is 0.429. The number of aromatic nitrogens is 2. The van der Waals surface area contributed by atoms with Gasteiger partial charge in [-0.05, 0) is 17.5 Å². The fourth-order valence-electron chi connectivity index (χ4n) is 1.94. The molecular formula is C15H15N3S2. The van der Waals surface area contributed by atoms with E-state index in [1.54, 1.807) is 29.4 Å². The molecule has 2 aromatic heterocycles. The van der Waals surface area contributed by atoms with E-state index in [4.69, 9.17) is 0 Å². The molecule has 102 valence electrons. The van der Waals surface area contributed by atoms with Gasteiger partial charge >= 0.3 is 0 Å². The van der Waals surface area contributed by atoms with Crippen molar-refractivity contribution in [2.75, 3.05) is 12.3 Å². The zero-order chi connectivity index (χ0) is 13.6. The van der Waals surface area contributed by atoms with Crippen molar-refractivity contribution in [3.63, 3.8) is 0 Å². The van der Waals surface area contributed by atoms with Crippen LogP contribution in [-0.2, 0) is 6.54 Å². The minimum atomic E-state index is 0.947. The molecule has 1 aromatic carbocycles. The van der Waals surface area contributed by atoms with Gasteiger partial charge in [-0.2, -0.15) is 0 Å². The fourth-order valence-corrected chi connectivity index (χ4v) is 3.50. The molecule has 0 saturated carbocycles. The normalized spacial score (nSPS) is 11.0. The van der Waals surface area contributed by atoms with Gasteiger partial charge in [0.05, 0.1) is 5.52 Å². The average Bonchev–Trinajstić information content (AvgIpc) is 3.00. The van der Waals surface area contributed by atoms with Crippen LogP contribution in [0.2, 0.25) is 0 Å². The molecule has 5 heteroatoms. The van der Waals surface area contributed by atoms with E-state index in [1.807, 2.05) is 18.2 Å². The molecule has 2 heterocycles. The summed E-state index contributed by atoms with van der Waals surface area (Å²) in [6, 6.07) is 12.4. The van der Waals surface area contributed by atoms with Crippen molar-refractivity contribution in [3.8, 4) is 0 Å². The Labute approximate surface area is 126 Å². The highest BCUT2D eigenvalue weighted by atomic mass is 32.2. The van der Waals surface area contributed by atoms with E-state index in [-0.39, 0.29) is 0 Å². The first-order valence-corrected chi connectivity index (χ1v) is 8.35. The standard InChI is InChI=1S/C15H15N3S2/c1-2-6-14-13(5-1)15(18-11-17-14)20-9-7-16-10-12-4-3-8-19-12/h1-6,8,11,16H,7,9-10H2. The molecule has 0 aliphatic heterocycles. The number of nitrogens with one attached hydrogen (secondary N) is 1. The van der Waals surface area contributed by atoms with Crippen LogP contribution in [0, 0.1) is 0 Å². The van der Waals surface area contributed by atoms with E-state index in [1.165, 1.54) is 4.88 Å². The van der Waals surface area contributed by atoms with E-state index < -0.39 is 0 Å². The van der Waals surface area contributed by atoms with E-state index in [0.29, 0.717) is 0 Å². The molecular weight excluding hydrogens is 286 g/mol. The van der Waals surface area contributed by atoms with Crippen molar-refractivity contribution >= 4 is 34.0 Å². The van der Waals surface area contributed by atoms with Crippen LogP contribution in [0.5, 0.6) is 0 Å². The first-order chi connectivity index (χ1) is 9.93. The number of hydrogen-bond donors (Lipinski definition) is 1. The second-order valence-corrected chi connectivity index (χ2v) is 6.42. The summed E-state index contributed by atoms with van der Waals surface area (Å²) in [5.74, 6) is 1.01. The summed E-state index contributed by atoms with van der Waals surface area (Å²) in [7, 11) is 0. The van der Waals surface area contributed by atoms with Gasteiger partial charge < -0.3 is 5.32 Å². The Morgan fingerprint density at radius 1 is 1.10 bits per heavy atom. The second-order valence-electron chi connectivity index (χ2n) is 4.30. The number of hydrogen-bond acceptors (Lipinski definition) is 5. The van der Waals surface area contributed by atoms with Crippen molar-refractivity contribution in [3.05, 3.63) is 53.0 Å². The van der Waals surface area contributed by atoms with Crippen molar-refractivity contribution in [2.45, 2.75) is 11.6 Å². The number of nitrogens with zero attached hydrogens (tertiary/aromatic N) is 2. The average molecular weight is 301 g/mol. The van der Waals surface area contributed by atoms with E-state index >= 15 is 0 Å². The maximum absolute atomic E-state index is 4.38. The molecule has 0 aliphatic rings. The van der Waals surface area contributed by atoms with Crippen molar-refractivity contribution in [1.29, 1.82) is 0 Å². The van der Waals surface area contributed by atoms with Crippen LogP contribution in [0.1, 0.15) is 4.88 Å². The van der Waals surface area contributed by atoms with Gasteiger partial charge in [0.2, 0.25) is 0 Å². The number of para-hydroxylation sites is 1. The van der Waals surface area contributed by atoms with E-state index in [0.717, 1.165) is 34.8 Å². The highest BCUT2D eigenvalue weighted by Gasteiger charge is 2.03. The topological polar surface area (TPSA) is 37.8 Å². The first kappa shape index (κ1) is 13.5. The van der Waals surface area contributed by atoms with Crippen LogP contribution >= 0.6 is 23.1 Å².